The van der Waals surface area contributed by atoms with Crippen LogP contribution in [0.25, 0.3) is 0 Å². The monoisotopic (exact) mass is 291 g/mol. The molecule has 0 aromatic heterocycles. The SMILES string of the molecule is CCCc1ccc(C(NC)c2cccc(F)c2Cl)cc1. The maximum Gasteiger partial charge on any atom is 0.142 e. The fraction of sp³-hybridized carbons (Fsp3) is 0.294. The van der Waals surface area contributed by atoms with Gasteiger partial charge in [0, 0.05) is 0 Å². The van der Waals surface area contributed by atoms with Crippen molar-refractivity contribution in [3.8, 4) is 0 Å². The van der Waals surface area contributed by atoms with Crippen LogP contribution in [0, 0.1) is 5.82 Å². The standard InChI is InChI=1S/C17H19ClFN/c1-3-5-12-8-10-13(11-9-12)17(20-2)14-6-4-7-15(19)16(14)18/h4,6-11,17,20H,3,5H2,1-2H3. The lowest BCUT2D eigenvalue weighted by molar-refractivity contribution is 0.617. The molecule has 0 amide bonds. The van der Waals surface area contributed by atoms with Crippen molar-refractivity contribution in [2.45, 2.75) is 25.8 Å². The molecular weight excluding hydrogens is 273 g/mol. The van der Waals surface area contributed by atoms with Crippen molar-refractivity contribution in [2.75, 3.05) is 7.05 Å². The highest BCUT2D eigenvalue weighted by Crippen LogP contribution is 2.30. The first-order valence-corrected chi connectivity index (χ1v) is 7.25. The molecule has 0 heterocycles. The summed E-state index contributed by atoms with van der Waals surface area (Å²) in [7, 11) is 1.85. The van der Waals surface area contributed by atoms with Crippen molar-refractivity contribution in [3.05, 3.63) is 70.0 Å². The third-order valence-electron chi connectivity index (χ3n) is 3.43. The molecule has 2 aromatic rings. The second-order valence-corrected chi connectivity index (χ2v) is 5.23. The minimum Gasteiger partial charge on any atom is -0.309 e. The van der Waals surface area contributed by atoms with Crippen LogP contribution in [0.2, 0.25) is 5.02 Å². The highest BCUT2D eigenvalue weighted by molar-refractivity contribution is 6.31. The van der Waals surface area contributed by atoms with E-state index >= 15 is 0 Å². The van der Waals surface area contributed by atoms with Gasteiger partial charge in [0.2, 0.25) is 0 Å². The molecule has 0 saturated carbocycles. The number of aryl methyl sites for hydroxylation is 1. The fourth-order valence-corrected chi connectivity index (χ4v) is 2.65. The van der Waals surface area contributed by atoms with Crippen molar-refractivity contribution >= 4 is 11.6 Å². The molecule has 0 aliphatic heterocycles. The maximum absolute atomic E-state index is 13.6. The van der Waals surface area contributed by atoms with Gasteiger partial charge in [-0.3, -0.25) is 0 Å². The first-order chi connectivity index (χ1) is 9.67. The Labute approximate surface area is 124 Å². The summed E-state index contributed by atoms with van der Waals surface area (Å²) in [6.45, 7) is 2.16. The normalized spacial score (nSPS) is 12.4. The Morgan fingerprint density at radius 3 is 2.45 bits per heavy atom. The van der Waals surface area contributed by atoms with E-state index in [-0.39, 0.29) is 16.9 Å². The summed E-state index contributed by atoms with van der Waals surface area (Å²) in [6.07, 6.45) is 2.20. The van der Waals surface area contributed by atoms with Crippen LogP contribution in [0.1, 0.15) is 36.1 Å². The zero-order valence-electron chi connectivity index (χ0n) is 11.8. The van der Waals surface area contributed by atoms with Crippen LogP contribution in [0.4, 0.5) is 4.39 Å². The van der Waals surface area contributed by atoms with Gasteiger partial charge in [0.05, 0.1) is 11.1 Å². The van der Waals surface area contributed by atoms with Gasteiger partial charge in [-0.05, 0) is 36.2 Å². The van der Waals surface area contributed by atoms with Gasteiger partial charge >= 0.3 is 0 Å². The van der Waals surface area contributed by atoms with E-state index in [1.165, 1.54) is 11.6 Å². The van der Waals surface area contributed by atoms with E-state index in [0.717, 1.165) is 24.0 Å². The number of nitrogens with one attached hydrogen (secondary N) is 1. The van der Waals surface area contributed by atoms with Crippen molar-refractivity contribution in [1.29, 1.82) is 0 Å². The Hall–Kier alpha value is -1.38. The molecule has 0 saturated heterocycles. The summed E-state index contributed by atoms with van der Waals surface area (Å²) in [4.78, 5) is 0. The first-order valence-electron chi connectivity index (χ1n) is 6.87. The Morgan fingerprint density at radius 2 is 1.85 bits per heavy atom. The first kappa shape index (κ1) is 15.0. The van der Waals surface area contributed by atoms with Crippen LogP contribution in [0.15, 0.2) is 42.5 Å². The van der Waals surface area contributed by atoms with Crippen LogP contribution < -0.4 is 5.32 Å². The smallest absolute Gasteiger partial charge is 0.142 e. The Bertz CT molecular complexity index is 566. The van der Waals surface area contributed by atoms with Gasteiger partial charge in [-0.25, -0.2) is 4.39 Å². The Kier molecular flexibility index (Phi) is 5.16. The van der Waals surface area contributed by atoms with Crippen molar-refractivity contribution in [2.24, 2.45) is 0 Å². The fourth-order valence-electron chi connectivity index (χ4n) is 2.41. The van der Waals surface area contributed by atoms with Gasteiger partial charge in [0.1, 0.15) is 5.82 Å². The average Bonchev–Trinajstić information content (AvgIpc) is 2.46. The molecule has 0 aliphatic rings. The van der Waals surface area contributed by atoms with Gasteiger partial charge in [0.25, 0.3) is 0 Å². The molecular formula is C17H19ClFN. The van der Waals surface area contributed by atoms with Gasteiger partial charge < -0.3 is 5.32 Å². The van der Waals surface area contributed by atoms with Crippen LogP contribution in [-0.2, 0) is 6.42 Å². The van der Waals surface area contributed by atoms with E-state index in [1.807, 2.05) is 13.1 Å². The van der Waals surface area contributed by atoms with E-state index < -0.39 is 0 Å². The van der Waals surface area contributed by atoms with Gasteiger partial charge in [-0.2, -0.15) is 0 Å². The lowest BCUT2D eigenvalue weighted by Gasteiger charge is -2.19. The molecule has 0 aliphatic carbocycles. The number of benzene rings is 2. The summed E-state index contributed by atoms with van der Waals surface area (Å²) in [5.41, 5.74) is 3.16. The predicted molar refractivity (Wildman–Crippen MR) is 82.7 cm³/mol. The molecule has 2 aromatic carbocycles. The molecule has 1 N–H and O–H groups in total. The molecule has 1 unspecified atom stereocenters. The topological polar surface area (TPSA) is 12.0 Å². The van der Waals surface area contributed by atoms with E-state index in [4.69, 9.17) is 11.6 Å². The number of hydrogen-bond donors (Lipinski definition) is 1. The summed E-state index contributed by atoms with van der Waals surface area (Å²) < 4.78 is 13.6. The van der Waals surface area contributed by atoms with Crippen LogP contribution in [0.5, 0.6) is 0 Å². The third-order valence-corrected chi connectivity index (χ3v) is 3.83. The molecule has 2 rings (SSSR count). The lowest BCUT2D eigenvalue weighted by Crippen LogP contribution is -2.18. The quantitative estimate of drug-likeness (QED) is 0.839. The minimum absolute atomic E-state index is 0.103. The van der Waals surface area contributed by atoms with E-state index in [0.29, 0.717) is 0 Å². The summed E-state index contributed by atoms with van der Waals surface area (Å²) >= 11 is 6.08. The van der Waals surface area contributed by atoms with Crippen molar-refractivity contribution in [3.63, 3.8) is 0 Å². The van der Waals surface area contributed by atoms with Crippen molar-refractivity contribution < 1.29 is 4.39 Å². The largest absolute Gasteiger partial charge is 0.309 e. The van der Waals surface area contributed by atoms with Crippen LogP contribution >= 0.6 is 11.6 Å². The lowest BCUT2D eigenvalue weighted by atomic mass is 9.97. The Balaban J connectivity index is 2.34. The number of hydrogen-bond acceptors (Lipinski definition) is 1. The van der Waals surface area contributed by atoms with E-state index in [9.17, 15) is 4.39 Å². The average molecular weight is 292 g/mol. The zero-order chi connectivity index (χ0) is 14.5. The zero-order valence-corrected chi connectivity index (χ0v) is 12.5. The summed E-state index contributed by atoms with van der Waals surface area (Å²) in [5.74, 6) is -0.382. The number of rotatable bonds is 5. The Morgan fingerprint density at radius 1 is 1.15 bits per heavy atom. The molecule has 1 atom stereocenters. The molecule has 0 spiro atoms. The summed E-state index contributed by atoms with van der Waals surface area (Å²) in [6, 6.07) is 13.2. The maximum atomic E-state index is 13.6. The molecule has 1 nitrogen and oxygen atoms in total. The molecule has 106 valence electrons. The van der Waals surface area contributed by atoms with Gasteiger partial charge in [-0.1, -0.05) is 61.3 Å². The van der Waals surface area contributed by atoms with Crippen LogP contribution in [-0.4, -0.2) is 7.05 Å². The predicted octanol–water partition coefficient (Wildman–Crippen LogP) is 4.74. The molecule has 3 heteroatoms. The second-order valence-electron chi connectivity index (χ2n) is 4.86. The van der Waals surface area contributed by atoms with Gasteiger partial charge in [0.15, 0.2) is 0 Å². The second kappa shape index (κ2) is 6.87. The molecule has 0 fully saturated rings. The molecule has 0 radical (unpaired) electrons. The summed E-state index contributed by atoms with van der Waals surface area (Å²) in [5, 5.41) is 3.39. The van der Waals surface area contributed by atoms with Crippen LogP contribution in [0.3, 0.4) is 0 Å². The van der Waals surface area contributed by atoms with Gasteiger partial charge in [-0.15, -0.1) is 0 Å². The molecule has 20 heavy (non-hydrogen) atoms. The number of halogens is 2. The van der Waals surface area contributed by atoms with E-state index in [2.05, 4.69) is 36.5 Å². The highest BCUT2D eigenvalue weighted by Gasteiger charge is 2.17. The molecule has 0 bridgehead atoms. The minimum atomic E-state index is -0.382. The highest BCUT2D eigenvalue weighted by atomic mass is 35.5. The van der Waals surface area contributed by atoms with E-state index in [1.54, 1.807) is 6.07 Å². The van der Waals surface area contributed by atoms with Crippen molar-refractivity contribution in [1.82, 2.24) is 5.32 Å². The third kappa shape index (κ3) is 3.20.